The number of rotatable bonds is 5. The number of nitrogens with one attached hydrogen (secondary N) is 1. The summed E-state index contributed by atoms with van der Waals surface area (Å²) in [7, 11) is 0. The number of hydrogen-bond donors (Lipinski definition) is 1. The number of aryl methyl sites for hydroxylation is 1. The molecule has 19 heavy (non-hydrogen) atoms. The van der Waals surface area contributed by atoms with Crippen molar-refractivity contribution in [1.82, 2.24) is 5.16 Å². The lowest BCUT2D eigenvalue weighted by Crippen LogP contribution is -2.15. The first kappa shape index (κ1) is 13.1. The number of benzene rings is 1. The molecule has 0 fully saturated rings. The maximum absolute atomic E-state index is 11.9. The van der Waals surface area contributed by atoms with Crippen molar-refractivity contribution < 1.29 is 14.1 Å². The van der Waals surface area contributed by atoms with Gasteiger partial charge < -0.3 is 14.6 Å². The molecule has 0 spiro atoms. The highest BCUT2D eigenvalue weighted by molar-refractivity contribution is 5.93. The van der Waals surface area contributed by atoms with Crippen LogP contribution < -0.4 is 10.1 Å². The molecule has 1 amide bonds. The van der Waals surface area contributed by atoms with Crippen molar-refractivity contribution in [3.8, 4) is 5.75 Å². The highest BCUT2D eigenvalue weighted by Crippen LogP contribution is 2.23. The van der Waals surface area contributed by atoms with E-state index in [2.05, 4.69) is 10.5 Å². The van der Waals surface area contributed by atoms with E-state index in [1.54, 1.807) is 19.1 Å². The third-order valence-corrected chi connectivity index (χ3v) is 2.48. The van der Waals surface area contributed by atoms with Gasteiger partial charge >= 0.3 is 0 Å². The summed E-state index contributed by atoms with van der Waals surface area (Å²) in [6.07, 6.45) is 0.178. The Kier molecular flexibility index (Phi) is 4.18. The van der Waals surface area contributed by atoms with E-state index in [0.29, 0.717) is 29.5 Å². The van der Waals surface area contributed by atoms with Crippen LogP contribution in [0.3, 0.4) is 0 Å². The molecule has 1 N–H and O–H groups in total. The Morgan fingerprint density at radius 2 is 2.21 bits per heavy atom. The zero-order valence-electron chi connectivity index (χ0n) is 11.0. The first-order chi connectivity index (χ1) is 9.19. The Bertz CT molecular complexity index is 563. The molecule has 0 saturated heterocycles. The smallest absolute Gasteiger partial charge is 0.230 e. The number of para-hydroxylation sites is 2. The SMILES string of the molecule is CCOc1ccccc1NC(=O)Cc1cc(C)on1. The summed E-state index contributed by atoms with van der Waals surface area (Å²) in [5.74, 6) is 1.20. The van der Waals surface area contributed by atoms with Crippen LogP contribution in [-0.2, 0) is 11.2 Å². The quantitative estimate of drug-likeness (QED) is 0.897. The summed E-state index contributed by atoms with van der Waals surface area (Å²) in [5.41, 5.74) is 1.28. The van der Waals surface area contributed by atoms with Gasteiger partial charge in [-0.2, -0.15) is 0 Å². The molecule has 0 bridgehead atoms. The summed E-state index contributed by atoms with van der Waals surface area (Å²) in [6, 6.07) is 9.07. The van der Waals surface area contributed by atoms with E-state index in [0.717, 1.165) is 0 Å². The fourth-order valence-corrected chi connectivity index (χ4v) is 1.71. The average Bonchev–Trinajstić information content (AvgIpc) is 2.77. The zero-order chi connectivity index (χ0) is 13.7. The molecule has 0 aliphatic rings. The lowest BCUT2D eigenvalue weighted by atomic mass is 10.2. The highest BCUT2D eigenvalue weighted by Gasteiger charge is 2.10. The topological polar surface area (TPSA) is 64.4 Å². The van der Waals surface area contributed by atoms with Crippen LogP contribution in [0.5, 0.6) is 5.75 Å². The molecule has 5 nitrogen and oxygen atoms in total. The lowest BCUT2D eigenvalue weighted by molar-refractivity contribution is -0.115. The Morgan fingerprint density at radius 1 is 1.42 bits per heavy atom. The number of ether oxygens (including phenoxy) is 1. The normalized spacial score (nSPS) is 10.2. The highest BCUT2D eigenvalue weighted by atomic mass is 16.5. The van der Waals surface area contributed by atoms with E-state index in [4.69, 9.17) is 9.26 Å². The van der Waals surface area contributed by atoms with Crippen molar-refractivity contribution >= 4 is 11.6 Å². The molecule has 2 aromatic rings. The van der Waals surface area contributed by atoms with Gasteiger partial charge in [-0.15, -0.1) is 0 Å². The van der Waals surface area contributed by atoms with Gasteiger partial charge in [0.15, 0.2) is 0 Å². The number of hydrogen-bond acceptors (Lipinski definition) is 4. The first-order valence-electron chi connectivity index (χ1n) is 6.13. The Morgan fingerprint density at radius 3 is 2.89 bits per heavy atom. The predicted octanol–water partition coefficient (Wildman–Crippen LogP) is 2.56. The second kappa shape index (κ2) is 6.04. The summed E-state index contributed by atoms with van der Waals surface area (Å²) in [5, 5.41) is 6.60. The molecular weight excluding hydrogens is 244 g/mol. The summed E-state index contributed by atoms with van der Waals surface area (Å²) >= 11 is 0. The first-order valence-corrected chi connectivity index (χ1v) is 6.13. The molecule has 0 aliphatic carbocycles. The number of carbonyl (C=O) groups excluding carboxylic acids is 1. The van der Waals surface area contributed by atoms with Gasteiger partial charge in [0.2, 0.25) is 5.91 Å². The Labute approximate surface area is 111 Å². The van der Waals surface area contributed by atoms with Crippen molar-refractivity contribution in [1.29, 1.82) is 0 Å². The van der Waals surface area contributed by atoms with Crippen LogP contribution in [0, 0.1) is 6.92 Å². The molecule has 1 aromatic heterocycles. The van der Waals surface area contributed by atoms with Gasteiger partial charge in [-0.3, -0.25) is 4.79 Å². The molecular formula is C14H16N2O3. The molecule has 0 atom stereocenters. The second-order valence-corrected chi connectivity index (χ2v) is 4.08. The molecule has 0 unspecified atom stereocenters. The molecule has 100 valence electrons. The standard InChI is InChI=1S/C14H16N2O3/c1-3-18-13-7-5-4-6-12(13)15-14(17)9-11-8-10(2)19-16-11/h4-8H,3,9H2,1-2H3,(H,15,17). The van der Waals surface area contributed by atoms with Crippen LogP contribution in [0.1, 0.15) is 18.4 Å². The van der Waals surface area contributed by atoms with Crippen LogP contribution in [0.25, 0.3) is 0 Å². The van der Waals surface area contributed by atoms with Crippen LogP contribution in [0.15, 0.2) is 34.9 Å². The van der Waals surface area contributed by atoms with Gasteiger partial charge in [0, 0.05) is 6.07 Å². The van der Waals surface area contributed by atoms with E-state index >= 15 is 0 Å². The van der Waals surface area contributed by atoms with Gasteiger partial charge in [-0.05, 0) is 26.0 Å². The van der Waals surface area contributed by atoms with Crippen LogP contribution in [0.2, 0.25) is 0 Å². The van der Waals surface area contributed by atoms with Gasteiger partial charge in [0.05, 0.1) is 24.4 Å². The Hall–Kier alpha value is -2.30. The van der Waals surface area contributed by atoms with E-state index in [1.807, 2.05) is 25.1 Å². The minimum absolute atomic E-state index is 0.152. The van der Waals surface area contributed by atoms with Gasteiger partial charge in [-0.1, -0.05) is 17.3 Å². The van der Waals surface area contributed by atoms with Crippen molar-refractivity contribution in [3.63, 3.8) is 0 Å². The van der Waals surface area contributed by atoms with E-state index in [1.165, 1.54) is 0 Å². The van der Waals surface area contributed by atoms with Gasteiger partial charge in [0.25, 0.3) is 0 Å². The number of amides is 1. The summed E-state index contributed by atoms with van der Waals surface area (Å²) < 4.78 is 10.4. The molecule has 0 saturated carbocycles. The molecule has 0 aliphatic heterocycles. The van der Waals surface area contributed by atoms with E-state index < -0.39 is 0 Å². The number of nitrogens with zero attached hydrogens (tertiary/aromatic N) is 1. The fourth-order valence-electron chi connectivity index (χ4n) is 1.71. The zero-order valence-corrected chi connectivity index (χ0v) is 11.0. The fraction of sp³-hybridized carbons (Fsp3) is 0.286. The van der Waals surface area contributed by atoms with Crippen molar-refractivity contribution in [2.45, 2.75) is 20.3 Å². The molecule has 1 aromatic carbocycles. The molecule has 2 rings (SSSR count). The molecule has 1 heterocycles. The number of carbonyl (C=O) groups is 1. The van der Waals surface area contributed by atoms with Crippen molar-refractivity contribution in [3.05, 3.63) is 41.8 Å². The maximum atomic E-state index is 11.9. The number of anilines is 1. The summed E-state index contributed by atoms with van der Waals surface area (Å²) in [6.45, 7) is 4.24. The van der Waals surface area contributed by atoms with Crippen molar-refractivity contribution in [2.24, 2.45) is 0 Å². The molecule has 0 radical (unpaired) electrons. The van der Waals surface area contributed by atoms with Crippen LogP contribution in [0.4, 0.5) is 5.69 Å². The van der Waals surface area contributed by atoms with E-state index in [9.17, 15) is 4.79 Å². The number of aromatic nitrogens is 1. The van der Waals surface area contributed by atoms with E-state index in [-0.39, 0.29) is 12.3 Å². The van der Waals surface area contributed by atoms with Crippen molar-refractivity contribution in [2.75, 3.05) is 11.9 Å². The second-order valence-electron chi connectivity index (χ2n) is 4.08. The van der Waals surface area contributed by atoms with Gasteiger partial charge in [-0.25, -0.2) is 0 Å². The van der Waals surface area contributed by atoms with Crippen LogP contribution >= 0.6 is 0 Å². The van der Waals surface area contributed by atoms with Gasteiger partial charge in [0.1, 0.15) is 11.5 Å². The largest absolute Gasteiger partial charge is 0.492 e. The minimum Gasteiger partial charge on any atom is -0.492 e. The Balaban J connectivity index is 2.02. The predicted molar refractivity (Wildman–Crippen MR) is 71.2 cm³/mol. The van der Waals surface area contributed by atoms with Crippen LogP contribution in [-0.4, -0.2) is 17.7 Å². The molecule has 5 heteroatoms. The average molecular weight is 260 g/mol. The maximum Gasteiger partial charge on any atom is 0.230 e. The summed E-state index contributed by atoms with van der Waals surface area (Å²) in [4.78, 5) is 11.9. The third-order valence-electron chi connectivity index (χ3n) is 2.48. The monoisotopic (exact) mass is 260 g/mol. The lowest BCUT2D eigenvalue weighted by Gasteiger charge is -2.10. The minimum atomic E-state index is -0.152. The third kappa shape index (κ3) is 3.58.